The zero-order valence-electron chi connectivity index (χ0n) is 48.6. The highest BCUT2D eigenvalue weighted by Crippen LogP contribution is 2.41. The summed E-state index contributed by atoms with van der Waals surface area (Å²) in [5, 5.41) is 32.1. The van der Waals surface area contributed by atoms with Gasteiger partial charge in [0.05, 0.1) is 40.0 Å². The molecule has 1 saturated heterocycles. The first-order chi connectivity index (χ1) is 42.1. The van der Waals surface area contributed by atoms with Gasteiger partial charge in [-0.3, -0.25) is 19.1 Å². The number of nitrogens with two attached hydrogens (primary N) is 1. The summed E-state index contributed by atoms with van der Waals surface area (Å²) in [6.45, 7) is 7.51. The summed E-state index contributed by atoms with van der Waals surface area (Å²) in [4.78, 5) is 115. The summed E-state index contributed by atoms with van der Waals surface area (Å²) in [6.07, 6.45) is 0.766. The number of carbonyl (C=O) groups excluding carboxylic acids is 7. The predicted molar refractivity (Wildman–Crippen MR) is 329 cm³/mol. The molecule has 27 heteroatoms. The van der Waals surface area contributed by atoms with E-state index < -0.39 is 99.5 Å². The molecule has 2 aromatic heterocycles. The fourth-order valence-corrected chi connectivity index (χ4v) is 12.2. The van der Waals surface area contributed by atoms with Gasteiger partial charge in [0.15, 0.2) is 5.11 Å². The van der Waals surface area contributed by atoms with Crippen molar-refractivity contribution in [1.82, 2.24) is 35.7 Å². The van der Waals surface area contributed by atoms with Gasteiger partial charge in [0.25, 0.3) is 15.6 Å². The smallest absolute Gasteiger partial charge is 0.355 e. The Balaban J connectivity index is 0.804. The first-order valence-corrected chi connectivity index (χ1v) is 30.6. The molecule has 3 aliphatic heterocycles. The summed E-state index contributed by atoms with van der Waals surface area (Å²) in [5.41, 5.74) is 7.69. The fraction of sp³-hybridized carbons (Fsp3) is 0.344. The topological polar surface area (TPSA) is 356 Å². The van der Waals surface area contributed by atoms with E-state index in [2.05, 4.69) is 41.9 Å². The number of sulfonamides is 1. The lowest BCUT2D eigenvalue weighted by atomic mass is 9.85. The van der Waals surface area contributed by atoms with Crippen molar-refractivity contribution in [1.29, 1.82) is 0 Å². The van der Waals surface area contributed by atoms with Crippen LogP contribution in [-0.2, 0) is 62.2 Å². The third-order valence-corrected chi connectivity index (χ3v) is 16.9. The maximum absolute atomic E-state index is 14.4. The number of aliphatic carboxylic acids is 1. The Morgan fingerprint density at radius 2 is 1.57 bits per heavy atom. The minimum absolute atomic E-state index is 0.0226. The van der Waals surface area contributed by atoms with E-state index in [-0.39, 0.29) is 89.3 Å². The second kappa shape index (κ2) is 27.1. The highest BCUT2D eigenvalue weighted by atomic mass is 32.2. The Morgan fingerprint density at radius 3 is 2.28 bits per heavy atom. The number of urea groups is 2. The number of nitrogens with one attached hydrogen (secondary N) is 8. The van der Waals surface area contributed by atoms with Crippen molar-refractivity contribution in [2.75, 3.05) is 40.3 Å². The standard InChI is InChI=1S/C61H68N12O13S2/c1-5-25-63-58(81)65-40-14-10-16-42(29-40)88(83,84)71-41-15-9-13-36(28-41)47(31-50(74)75)68-59(82)64-38-19-21-39(22-20-38)66-60(87)69-46(23-24-62)55(78)72-26-11-18-48(72)53(76)70-51(34(3)4)56(79)86-61(6-2)44-30-49-52-37(27-35-12-7-8-17-45(35)67-52)32-73(49)54(77)43(44)33-85-57(61)80/h7-10,12-17,19-22,27-30,34,46-48,51,71H,5-6,11,18,23-26,31-33,62H2,1-4H3,(H,70,76)(H,74,75)(H2,63,65,81)(H2,64,68,82)(H2,66,69,87)/p-1/t46-,47?,48-,51-,61-/m0/s1. The zero-order valence-corrected chi connectivity index (χ0v) is 50.2. The molecule has 5 atom stereocenters. The van der Waals surface area contributed by atoms with E-state index in [4.69, 9.17) is 32.4 Å². The van der Waals surface area contributed by atoms with Crippen molar-refractivity contribution in [3.8, 4) is 11.4 Å². The van der Waals surface area contributed by atoms with Gasteiger partial charge < -0.3 is 71.8 Å². The number of cyclic esters (lactones) is 1. The Bertz CT molecular complexity index is 3900. The van der Waals surface area contributed by atoms with Crippen LogP contribution in [0.4, 0.5) is 32.3 Å². The molecule has 5 heterocycles. The number of anilines is 4. The predicted octanol–water partition coefficient (Wildman–Crippen LogP) is 4.80. The molecule has 462 valence electrons. The number of hydrogen-bond donors (Lipinski definition) is 9. The number of carboxylic acid groups (broad SMARTS) is 1. The molecule has 3 aliphatic rings. The first kappa shape index (κ1) is 63.0. The minimum Gasteiger partial charge on any atom is -0.550 e. The molecule has 88 heavy (non-hydrogen) atoms. The number of carbonyl (C=O) groups is 7. The van der Waals surface area contributed by atoms with Gasteiger partial charge in [-0.05, 0) is 135 Å². The Labute approximate surface area is 511 Å². The van der Waals surface area contributed by atoms with E-state index in [0.29, 0.717) is 42.0 Å². The number of likely N-dealkylation sites (tertiary alicyclic amines) is 1. The van der Waals surface area contributed by atoms with Crippen molar-refractivity contribution >= 4 is 103 Å². The van der Waals surface area contributed by atoms with Crippen LogP contribution in [0.5, 0.6) is 0 Å². The van der Waals surface area contributed by atoms with Crippen LogP contribution in [0.3, 0.4) is 0 Å². The van der Waals surface area contributed by atoms with Crippen LogP contribution < -0.4 is 58.3 Å². The highest BCUT2D eigenvalue weighted by molar-refractivity contribution is 7.92. The second-order valence-corrected chi connectivity index (χ2v) is 23.9. The number of rotatable bonds is 22. The average Bonchev–Trinajstić information content (AvgIpc) is 1.40. The molecule has 10 N–H and O–H groups in total. The number of aromatic nitrogens is 2. The fourth-order valence-electron chi connectivity index (χ4n) is 10.9. The third kappa shape index (κ3) is 14.0. The van der Waals surface area contributed by atoms with Crippen LogP contribution in [0.25, 0.3) is 22.3 Å². The molecular formula is C61H67N12O13S2-. The van der Waals surface area contributed by atoms with Crippen molar-refractivity contribution in [3.63, 3.8) is 0 Å². The molecule has 0 spiro atoms. The van der Waals surface area contributed by atoms with E-state index >= 15 is 0 Å². The molecule has 1 fully saturated rings. The molecular weight excluding hydrogens is 1170 g/mol. The van der Waals surface area contributed by atoms with Crippen LogP contribution in [0.1, 0.15) is 94.5 Å². The lowest BCUT2D eigenvalue weighted by molar-refractivity contribution is -0.306. The van der Waals surface area contributed by atoms with Crippen LogP contribution in [-0.4, -0.2) is 108 Å². The quantitative estimate of drug-likeness (QED) is 0.0325. The van der Waals surface area contributed by atoms with Gasteiger partial charge >= 0.3 is 24.0 Å². The molecule has 0 bridgehead atoms. The molecule has 0 aliphatic carbocycles. The Morgan fingerprint density at radius 1 is 0.852 bits per heavy atom. The van der Waals surface area contributed by atoms with Crippen LogP contribution in [0.15, 0.2) is 119 Å². The van der Waals surface area contributed by atoms with Gasteiger partial charge in [-0.2, -0.15) is 0 Å². The molecule has 25 nitrogen and oxygen atoms in total. The Kier molecular flexibility index (Phi) is 19.4. The van der Waals surface area contributed by atoms with Gasteiger partial charge in [0, 0.05) is 64.7 Å². The first-order valence-electron chi connectivity index (χ1n) is 28.7. The third-order valence-electron chi connectivity index (χ3n) is 15.3. The highest BCUT2D eigenvalue weighted by Gasteiger charge is 2.52. The summed E-state index contributed by atoms with van der Waals surface area (Å²) < 4.78 is 42.6. The number of fused-ring (bicyclic) bond motifs is 5. The number of thiocarbonyl (C=S) groups is 1. The number of pyridine rings is 2. The number of para-hydroxylation sites is 1. The number of ether oxygens (including phenoxy) is 2. The van der Waals surface area contributed by atoms with Gasteiger partial charge in [-0.15, -0.1) is 0 Å². The molecule has 0 saturated carbocycles. The number of nitrogens with zero attached hydrogens (tertiary/aromatic N) is 3. The largest absolute Gasteiger partial charge is 0.550 e. The van der Waals surface area contributed by atoms with E-state index in [1.54, 1.807) is 43.5 Å². The Hall–Kier alpha value is -9.47. The van der Waals surface area contributed by atoms with E-state index in [1.807, 2.05) is 37.3 Å². The van der Waals surface area contributed by atoms with Crippen LogP contribution >= 0.6 is 12.2 Å². The summed E-state index contributed by atoms with van der Waals surface area (Å²) in [7, 11) is -4.21. The normalized spacial score (nSPS) is 16.8. The minimum atomic E-state index is -4.21. The monoisotopic (exact) mass is 1240 g/mol. The molecule has 9 rings (SSSR count). The molecule has 6 amide bonds. The van der Waals surface area contributed by atoms with Gasteiger partial charge in [-0.1, -0.05) is 64.1 Å². The number of amides is 6. The summed E-state index contributed by atoms with van der Waals surface area (Å²) in [6, 6.07) is 23.0. The molecule has 1 unspecified atom stereocenters. The second-order valence-electron chi connectivity index (χ2n) is 21.8. The summed E-state index contributed by atoms with van der Waals surface area (Å²) >= 11 is 5.62. The SMILES string of the molecule is CCCNC(=O)Nc1cccc(S(=O)(=O)Nc2cccc(C(CC(=O)[O-])NC(=O)Nc3ccc(NC(=S)N[C@@H](CCN)C(=O)N4CCC[C@H]4C(=O)N[C@H](C(=O)O[C@]4(CC)C(=O)OCc5c4cc4n(c5=O)Cc5cc6ccccc6nc5-4)C(C)C)cc3)c2)c1. The van der Waals surface area contributed by atoms with Gasteiger partial charge in [0.1, 0.15) is 24.7 Å². The summed E-state index contributed by atoms with van der Waals surface area (Å²) in [5.74, 6) is -4.99. The van der Waals surface area contributed by atoms with Gasteiger partial charge in [-0.25, -0.2) is 32.6 Å². The number of benzene rings is 4. The van der Waals surface area contributed by atoms with Crippen molar-refractivity contribution in [2.45, 2.75) is 114 Å². The lowest BCUT2D eigenvalue weighted by Crippen LogP contribution is -2.57. The zero-order chi connectivity index (χ0) is 63.0. The molecule has 6 aromatic rings. The van der Waals surface area contributed by atoms with E-state index in [1.165, 1.54) is 65.6 Å². The van der Waals surface area contributed by atoms with E-state index in [9.17, 15) is 51.9 Å². The van der Waals surface area contributed by atoms with Crippen LogP contribution in [0, 0.1) is 5.92 Å². The van der Waals surface area contributed by atoms with Crippen LogP contribution in [0.2, 0.25) is 0 Å². The van der Waals surface area contributed by atoms with Gasteiger partial charge in [0.2, 0.25) is 17.4 Å². The number of hydrogen-bond acceptors (Lipinski definition) is 16. The maximum Gasteiger partial charge on any atom is 0.355 e. The number of carboxylic acids is 1. The molecule has 0 radical (unpaired) electrons. The van der Waals surface area contributed by atoms with E-state index in [0.717, 1.165) is 10.9 Å². The molecule has 4 aromatic carbocycles. The van der Waals surface area contributed by atoms with Crippen molar-refractivity contribution < 1.29 is 56.6 Å². The lowest BCUT2D eigenvalue weighted by Gasteiger charge is -2.37. The van der Waals surface area contributed by atoms with Crippen molar-refractivity contribution in [2.24, 2.45) is 11.7 Å². The van der Waals surface area contributed by atoms with Crippen molar-refractivity contribution in [3.05, 3.63) is 142 Å². The average molecular weight is 1240 g/mol. The number of esters is 2. The maximum atomic E-state index is 14.4.